The molecule has 140 valence electrons. The van der Waals surface area contributed by atoms with Crippen molar-refractivity contribution in [3.8, 4) is 5.69 Å². The molecule has 1 aromatic carbocycles. The zero-order chi connectivity index (χ0) is 19.2. The van der Waals surface area contributed by atoms with Crippen LogP contribution in [0, 0.1) is 6.92 Å². The van der Waals surface area contributed by atoms with Gasteiger partial charge in [-0.15, -0.1) is 5.10 Å². The van der Waals surface area contributed by atoms with Gasteiger partial charge >= 0.3 is 0 Å². The van der Waals surface area contributed by atoms with Gasteiger partial charge in [-0.2, -0.15) is 4.68 Å². The molecular formula is C18H20N6O2S. The lowest BCUT2D eigenvalue weighted by Gasteiger charge is -2.12. The Morgan fingerprint density at radius 2 is 2.11 bits per heavy atom. The molecule has 0 saturated carbocycles. The largest absolute Gasteiger partial charge is 0.355 e. The number of carbonyl (C=O) groups excluding carboxylic acids is 1. The van der Waals surface area contributed by atoms with Gasteiger partial charge in [0.05, 0.1) is 10.9 Å². The molecule has 3 aromatic rings. The lowest BCUT2D eigenvalue weighted by atomic mass is 10.2. The lowest BCUT2D eigenvalue weighted by molar-refractivity contribution is -0.120. The Morgan fingerprint density at radius 1 is 1.30 bits per heavy atom. The highest BCUT2D eigenvalue weighted by Gasteiger charge is 2.19. The highest BCUT2D eigenvalue weighted by atomic mass is 32.2. The van der Waals surface area contributed by atoms with Crippen molar-refractivity contribution < 1.29 is 4.79 Å². The number of hydrogen-bond donors (Lipinski definition) is 2. The van der Waals surface area contributed by atoms with Gasteiger partial charge in [0.25, 0.3) is 0 Å². The molecule has 0 radical (unpaired) electrons. The van der Waals surface area contributed by atoms with E-state index in [1.165, 1.54) is 17.8 Å². The van der Waals surface area contributed by atoms with Crippen LogP contribution < -0.4 is 10.9 Å². The van der Waals surface area contributed by atoms with Crippen LogP contribution in [0.25, 0.3) is 5.69 Å². The van der Waals surface area contributed by atoms with Crippen LogP contribution in [0.5, 0.6) is 0 Å². The average Bonchev–Trinajstić information content (AvgIpc) is 3.10. The topological polar surface area (TPSA) is 106 Å². The second-order valence-electron chi connectivity index (χ2n) is 6.05. The number of aryl methyl sites for hydroxylation is 1. The molecule has 1 atom stereocenters. The van der Waals surface area contributed by atoms with Gasteiger partial charge < -0.3 is 10.3 Å². The number of aromatic amines is 1. The minimum absolute atomic E-state index is 0.114. The number of benzene rings is 1. The van der Waals surface area contributed by atoms with Gasteiger partial charge in [0, 0.05) is 24.7 Å². The molecule has 3 rings (SSSR count). The summed E-state index contributed by atoms with van der Waals surface area (Å²) in [5, 5.41) is 14.8. The van der Waals surface area contributed by atoms with E-state index in [1.807, 2.05) is 37.3 Å². The van der Waals surface area contributed by atoms with Gasteiger partial charge in [-0.3, -0.25) is 9.59 Å². The van der Waals surface area contributed by atoms with Crippen molar-refractivity contribution in [2.24, 2.45) is 0 Å². The number of rotatable bonds is 7. The number of H-pyrrole nitrogens is 1. The summed E-state index contributed by atoms with van der Waals surface area (Å²) in [7, 11) is 0. The first-order valence-electron chi connectivity index (χ1n) is 8.51. The van der Waals surface area contributed by atoms with E-state index >= 15 is 0 Å². The van der Waals surface area contributed by atoms with E-state index in [4.69, 9.17) is 0 Å². The van der Waals surface area contributed by atoms with Gasteiger partial charge in [0.2, 0.25) is 16.6 Å². The molecule has 0 saturated heterocycles. The highest BCUT2D eigenvalue weighted by molar-refractivity contribution is 8.00. The number of amides is 1. The summed E-state index contributed by atoms with van der Waals surface area (Å²) in [5.74, 6) is -0.114. The van der Waals surface area contributed by atoms with E-state index in [-0.39, 0.29) is 16.7 Å². The molecule has 9 heteroatoms. The maximum Gasteiger partial charge on any atom is 0.248 e. The van der Waals surface area contributed by atoms with E-state index in [0.717, 1.165) is 16.9 Å². The molecule has 8 nitrogen and oxygen atoms in total. The predicted octanol–water partition coefficient (Wildman–Crippen LogP) is 1.50. The summed E-state index contributed by atoms with van der Waals surface area (Å²) in [6, 6.07) is 12.8. The third-order valence-electron chi connectivity index (χ3n) is 3.86. The third-order valence-corrected chi connectivity index (χ3v) is 4.89. The van der Waals surface area contributed by atoms with Crippen LogP contribution in [0.2, 0.25) is 0 Å². The molecule has 0 aliphatic carbocycles. The minimum Gasteiger partial charge on any atom is -0.355 e. The number of aromatic nitrogens is 5. The number of hydrogen-bond acceptors (Lipinski definition) is 6. The SMILES string of the molecule is Cc1cccc(-n2nnnc2S[C@@H](C)C(=O)NCCc2cccc(=O)[nH]2)c1. The van der Waals surface area contributed by atoms with Crippen LogP contribution in [0.3, 0.4) is 0 Å². The molecule has 0 unspecified atom stereocenters. The van der Waals surface area contributed by atoms with Crippen molar-refractivity contribution in [1.82, 2.24) is 30.5 Å². The quantitative estimate of drug-likeness (QED) is 0.598. The Hall–Kier alpha value is -2.94. The molecule has 0 bridgehead atoms. The normalized spacial score (nSPS) is 11.9. The first-order chi connectivity index (χ1) is 13.0. The van der Waals surface area contributed by atoms with E-state index < -0.39 is 0 Å². The number of carbonyl (C=O) groups is 1. The van der Waals surface area contributed by atoms with Crippen LogP contribution in [0.15, 0.2) is 52.4 Å². The Balaban J connectivity index is 1.57. The number of thioether (sulfide) groups is 1. The lowest BCUT2D eigenvalue weighted by Crippen LogP contribution is -2.33. The van der Waals surface area contributed by atoms with E-state index in [0.29, 0.717) is 18.1 Å². The second kappa shape index (κ2) is 8.63. The van der Waals surface area contributed by atoms with Crippen LogP contribution in [0.4, 0.5) is 0 Å². The third kappa shape index (κ3) is 5.04. The number of pyridine rings is 1. The molecule has 0 aliphatic rings. The van der Waals surface area contributed by atoms with Crippen LogP contribution in [-0.4, -0.2) is 42.9 Å². The van der Waals surface area contributed by atoms with E-state index in [1.54, 1.807) is 17.7 Å². The summed E-state index contributed by atoms with van der Waals surface area (Å²) < 4.78 is 1.62. The predicted molar refractivity (Wildman–Crippen MR) is 103 cm³/mol. The van der Waals surface area contributed by atoms with Gasteiger partial charge in [-0.05, 0) is 48.0 Å². The van der Waals surface area contributed by atoms with Crippen LogP contribution in [0.1, 0.15) is 18.2 Å². The maximum atomic E-state index is 12.3. The molecule has 2 heterocycles. The molecule has 1 amide bonds. The fourth-order valence-electron chi connectivity index (χ4n) is 2.49. The van der Waals surface area contributed by atoms with Crippen LogP contribution in [-0.2, 0) is 11.2 Å². The van der Waals surface area contributed by atoms with Crippen molar-refractivity contribution in [3.05, 3.63) is 64.1 Å². The van der Waals surface area contributed by atoms with Crippen molar-refractivity contribution in [2.45, 2.75) is 30.7 Å². The maximum absolute atomic E-state index is 12.3. The molecular weight excluding hydrogens is 364 g/mol. The molecule has 0 fully saturated rings. The van der Waals surface area contributed by atoms with Gasteiger partial charge in [0.1, 0.15) is 0 Å². The smallest absolute Gasteiger partial charge is 0.248 e. The minimum atomic E-state index is -0.366. The Kier molecular flexibility index (Phi) is 6.02. The first-order valence-corrected chi connectivity index (χ1v) is 9.39. The zero-order valence-electron chi connectivity index (χ0n) is 15.0. The summed E-state index contributed by atoms with van der Waals surface area (Å²) in [6.45, 7) is 4.24. The Labute approximate surface area is 160 Å². The molecule has 2 N–H and O–H groups in total. The Bertz CT molecular complexity index is 983. The van der Waals surface area contributed by atoms with Gasteiger partial charge in [-0.1, -0.05) is 30.0 Å². The zero-order valence-corrected chi connectivity index (χ0v) is 15.9. The van der Waals surface area contributed by atoms with Gasteiger partial charge in [-0.25, -0.2) is 0 Å². The van der Waals surface area contributed by atoms with E-state index in [2.05, 4.69) is 25.8 Å². The number of nitrogens with zero attached hydrogens (tertiary/aromatic N) is 4. The summed E-state index contributed by atoms with van der Waals surface area (Å²) in [5.41, 5.74) is 2.59. The van der Waals surface area contributed by atoms with Crippen molar-refractivity contribution in [3.63, 3.8) is 0 Å². The number of nitrogens with one attached hydrogen (secondary N) is 2. The summed E-state index contributed by atoms with van der Waals surface area (Å²) >= 11 is 1.29. The van der Waals surface area contributed by atoms with Gasteiger partial charge in [0.15, 0.2) is 0 Å². The van der Waals surface area contributed by atoms with Crippen molar-refractivity contribution in [1.29, 1.82) is 0 Å². The first kappa shape index (κ1) is 18.8. The fourth-order valence-corrected chi connectivity index (χ4v) is 3.32. The summed E-state index contributed by atoms with van der Waals surface area (Å²) in [4.78, 5) is 26.4. The average molecular weight is 384 g/mol. The fraction of sp³-hybridized carbons (Fsp3) is 0.278. The van der Waals surface area contributed by atoms with Crippen molar-refractivity contribution >= 4 is 17.7 Å². The van der Waals surface area contributed by atoms with Crippen LogP contribution >= 0.6 is 11.8 Å². The summed E-state index contributed by atoms with van der Waals surface area (Å²) in [6.07, 6.45) is 0.556. The molecule has 27 heavy (non-hydrogen) atoms. The Morgan fingerprint density at radius 3 is 2.89 bits per heavy atom. The highest BCUT2D eigenvalue weighted by Crippen LogP contribution is 2.23. The molecule has 0 spiro atoms. The monoisotopic (exact) mass is 384 g/mol. The second-order valence-corrected chi connectivity index (χ2v) is 7.36. The molecule has 0 aliphatic heterocycles. The number of tetrazole rings is 1. The molecule has 2 aromatic heterocycles. The van der Waals surface area contributed by atoms with E-state index in [9.17, 15) is 9.59 Å². The standard InChI is InChI=1S/C18H20N6O2S/c1-12-5-3-7-15(11-12)24-18(21-22-23-24)27-13(2)17(26)19-10-9-14-6-4-8-16(25)20-14/h3-8,11,13H,9-10H2,1-2H3,(H,19,26)(H,20,25)/t13-/m0/s1. The van der Waals surface area contributed by atoms with Crippen molar-refractivity contribution in [2.75, 3.05) is 6.54 Å².